The van der Waals surface area contributed by atoms with Crippen LogP contribution in [0.2, 0.25) is 5.02 Å². The molecule has 0 spiro atoms. The molecule has 0 unspecified atom stereocenters. The maximum atomic E-state index is 11.9. The number of hydrogen-bond acceptors (Lipinski definition) is 3. The van der Waals surface area contributed by atoms with Gasteiger partial charge in [-0.3, -0.25) is 4.79 Å². The SMILES string of the molecule is Cc1c(C(=O)Nc2ccc(Cl)cc2)c(=O)on1C. The molecule has 1 heterocycles. The van der Waals surface area contributed by atoms with Crippen molar-refractivity contribution in [3.05, 3.63) is 51.0 Å². The minimum Gasteiger partial charge on any atom is -0.336 e. The fourth-order valence-corrected chi connectivity index (χ4v) is 1.65. The van der Waals surface area contributed by atoms with E-state index in [-0.39, 0.29) is 5.56 Å². The predicted octanol–water partition coefficient (Wildman–Crippen LogP) is 2.19. The molecule has 1 amide bonds. The van der Waals surface area contributed by atoms with E-state index >= 15 is 0 Å². The topological polar surface area (TPSA) is 64.2 Å². The number of rotatable bonds is 2. The van der Waals surface area contributed by atoms with Gasteiger partial charge >= 0.3 is 5.63 Å². The van der Waals surface area contributed by atoms with Crippen LogP contribution in [0.4, 0.5) is 5.69 Å². The van der Waals surface area contributed by atoms with Gasteiger partial charge in [0.05, 0.1) is 5.69 Å². The Morgan fingerprint density at radius 3 is 2.44 bits per heavy atom. The van der Waals surface area contributed by atoms with E-state index in [9.17, 15) is 9.59 Å². The van der Waals surface area contributed by atoms with Gasteiger partial charge in [0.2, 0.25) is 0 Å². The van der Waals surface area contributed by atoms with Crippen LogP contribution in [0, 0.1) is 6.92 Å². The molecule has 1 N–H and O–H groups in total. The van der Waals surface area contributed by atoms with Crippen molar-refractivity contribution in [3.8, 4) is 0 Å². The van der Waals surface area contributed by atoms with Crippen molar-refractivity contribution >= 4 is 23.2 Å². The standard InChI is InChI=1S/C12H11ClN2O3/c1-7-10(12(17)18-15(7)2)11(16)14-9-5-3-8(13)4-6-9/h3-6H,1-2H3,(H,14,16). The van der Waals surface area contributed by atoms with Gasteiger partial charge in [0.15, 0.2) is 0 Å². The zero-order valence-electron chi connectivity index (χ0n) is 9.86. The van der Waals surface area contributed by atoms with Crippen LogP contribution in [0.3, 0.4) is 0 Å². The molecule has 1 aromatic heterocycles. The summed E-state index contributed by atoms with van der Waals surface area (Å²) in [6.45, 7) is 1.64. The maximum Gasteiger partial charge on any atom is 0.370 e. The van der Waals surface area contributed by atoms with Crippen LogP contribution in [0.5, 0.6) is 0 Å². The number of benzene rings is 1. The number of hydrogen-bond donors (Lipinski definition) is 1. The second kappa shape index (κ2) is 4.70. The van der Waals surface area contributed by atoms with Crippen molar-refractivity contribution in [2.24, 2.45) is 7.05 Å². The minimum absolute atomic E-state index is 0.00690. The van der Waals surface area contributed by atoms with Gasteiger partial charge in [-0.2, -0.15) is 0 Å². The molecule has 0 aliphatic carbocycles. The summed E-state index contributed by atoms with van der Waals surface area (Å²) < 4.78 is 6.07. The summed E-state index contributed by atoms with van der Waals surface area (Å²) in [7, 11) is 1.57. The third kappa shape index (κ3) is 2.31. The summed E-state index contributed by atoms with van der Waals surface area (Å²) in [5.74, 6) is -0.496. The molecule has 2 rings (SSSR count). The Kier molecular flexibility index (Phi) is 3.25. The zero-order valence-corrected chi connectivity index (χ0v) is 10.6. The van der Waals surface area contributed by atoms with Crippen molar-refractivity contribution in [2.45, 2.75) is 6.92 Å². The molecule has 0 radical (unpaired) electrons. The summed E-state index contributed by atoms with van der Waals surface area (Å²) >= 11 is 5.74. The number of anilines is 1. The molecule has 5 nitrogen and oxygen atoms in total. The van der Waals surface area contributed by atoms with Gasteiger partial charge in [0.25, 0.3) is 5.91 Å². The van der Waals surface area contributed by atoms with Crippen LogP contribution >= 0.6 is 11.6 Å². The molecule has 94 valence electrons. The van der Waals surface area contributed by atoms with E-state index in [2.05, 4.69) is 5.32 Å². The van der Waals surface area contributed by atoms with E-state index in [1.54, 1.807) is 38.2 Å². The summed E-state index contributed by atoms with van der Waals surface area (Å²) in [4.78, 5) is 23.4. The third-order valence-corrected chi connectivity index (χ3v) is 2.84. The highest BCUT2D eigenvalue weighted by molar-refractivity contribution is 6.30. The first-order valence-corrected chi connectivity index (χ1v) is 5.60. The van der Waals surface area contributed by atoms with E-state index < -0.39 is 11.5 Å². The quantitative estimate of drug-likeness (QED) is 0.906. The average molecular weight is 267 g/mol. The molecule has 0 aliphatic heterocycles. The Morgan fingerprint density at radius 2 is 1.94 bits per heavy atom. The van der Waals surface area contributed by atoms with Crippen LogP contribution in [0.1, 0.15) is 16.1 Å². The maximum absolute atomic E-state index is 11.9. The lowest BCUT2D eigenvalue weighted by Gasteiger charge is -2.03. The molecule has 0 atom stereocenters. The summed E-state index contributed by atoms with van der Waals surface area (Å²) in [5.41, 5.74) is 0.396. The Morgan fingerprint density at radius 1 is 1.33 bits per heavy atom. The lowest BCUT2D eigenvalue weighted by molar-refractivity contribution is 0.102. The molecule has 0 bridgehead atoms. The van der Waals surface area contributed by atoms with Gasteiger partial charge in [-0.05, 0) is 31.2 Å². The second-order valence-corrected chi connectivity index (χ2v) is 4.23. The second-order valence-electron chi connectivity index (χ2n) is 3.80. The van der Waals surface area contributed by atoms with Gasteiger partial charge < -0.3 is 9.84 Å². The van der Waals surface area contributed by atoms with E-state index in [0.717, 1.165) is 0 Å². The van der Waals surface area contributed by atoms with Crippen molar-refractivity contribution in [1.29, 1.82) is 0 Å². The highest BCUT2D eigenvalue weighted by Gasteiger charge is 2.19. The van der Waals surface area contributed by atoms with E-state index in [1.807, 2.05) is 0 Å². The van der Waals surface area contributed by atoms with Crippen LogP contribution in [0.15, 0.2) is 33.6 Å². The fraction of sp³-hybridized carbons (Fsp3) is 0.167. The molecule has 0 saturated carbocycles. The van der Waals surface area contributed by atoms with E-state index in [1.165, 1.54) is 4.74 Å². The van der Waals surface area contributed by atoms with Gasteiger partial charge in [0.1, 0.15) is 5.56 Å². The van der Waals surface area contributed by atoms with E-state index in [0.29, 0.717) is 16.4 Å². The van der Waals surface area contributed by atoms with E-state index in [4.69, 9.17) is 16.1 Å². The summed E-state index contributed by atoms with van der Waals surface area (Å²) in [6.07, 6.45) is 0. The zero-order chi connectivity index (χ0) is 13.3. The average Bonchev–Trinajstić information content (AvgIpc) is 2.56. The van der Waals surface area contributed by atoms with Crippen LogP contribution in [0.25, 0.3) is 0 Å². The molecule has 1 aromatic carbocycles. The van der Waals surface area contributed by atoms with Crippen molar-refractivity contribution in [2.75, 3.05) is 5.32 Å². The van der Waals surface area contributed by atoms with Crippen molar-refractivity contribution in [3.63, 3.8) is 0 Å². The minimum atomic E-state index is -0.651. The Balaban J connectivity index is 2.27. The first-order valence-electron chi connectivity index (χ1n) is 5.23. The highest BCUT2D eigenvalue weighted by atomic mass is 35.5. The molecular formula is C12H11ClN2O3. The number of nitrogens with one attached hydrogen (secondary N) is 1. The van der Waals surface area contributed by atoms with Gasteiger partial charge in [0, 0.05) is 17.8 Å². The van der Waals surface area contributed by atoms with Crippen molar-refractivity contribution in [1.82, 2.24) is 4.74 Å². The van der Waals surface area contributed by atoms with Gasteiger partial charge in [-0.15, -0.1) is 0 Å². The number of aryl methyl sites for hydroxylation is 1. The Labute approximate surface area is 108 Å². The number of halogens is 1. The number of aromatic nitrogens is 1. The molecule has 2 aromatic rings. The van der Waals surface area contributed by atoms with Crippen molar-refractivity contribution < 1.29 is 9.32 Å². The number of amides is 1. The highest BCUT2D eigenvalue weighted by Crippen LogP contribution is 2.14. The Bertz CT molecular complexity index is 640. The summed E-state index contributed by atoms with van der Waals surface area (Å²) in [6, 6.07) is 6.61. The number of carbonyl (C=O) groups excluding carboxylic acids is 1. The fourth-order valence-electron chi connectivity index (χ4n) is 1.53. The molecule has 6 heteroatoms. The molecule has 0 aliphatic rings. The first-order chi connectivity index (χ1) is 8.49. The largest absolute Gasteiger partial charge is 0.370 e. The first kappa shape index (κ1) is 12.4. The molecule has 18 heavy (non-hydrogen) atoms. The van der Waals surface area contributed by atoms with Crippen LogP contribution < -0.4 is 10.9 Å². The van der Waals surface area contributed by atoms with Gasteiger partial charge in [-0.25, -0.2) is 9.53 Å². The lowest BCUT2D eigenvalue weighted by Crippen LogP contribution is -2.19. The van der Waals surface area contributed by atoms with Crippen LogP contribution in [-0.2, 0) is 7.05 Å². The number of carbonyl (C=O) groups is 1. The van der Waals surface area contributed by atoms with Crippen LogP contribution in [-0.4, -0.2) is 10.6 Å². The third-order valence-electron chi connectivity index (χ3n) is 2.59. The Hall–Kier alpha value is -2.01. The normalized spacial score (nSPS) is 10.4. The van der Waals surface area contributed by atoms with Gasteiger partial charge in [-0.1, -0.05) is 11.6 Å². The smallest absolute Gasteiger partial charge is 0.336 e. The molecule has 0 fully saturated rings. The molecule has 0 saturated heterocycles. The summed E-state index contributed by atoms with van der Waals surface area (Å²) in [5, 5.41) is 3.18. The number of nitrogens with zero attached hydrogens (tertiary/aromatic N) is 1. The predicted molar refractivity (Wildman–Crippen MR) is 68.1 cm³/mol. The molecular weight excluding hydrogens is 256 g/mol. The lowest BCUT2D eigenvalue weighted by atomic mass is 10.2. The monoisotopic (exact) mass is 266 g/mol.